The SMILES string of the molecule is O=[N+]([O-])c1cccc2c(Br)nncc12. The van der Waals surface area contributed by atoms with Crippen molar-refractivity contribution in [1.82, 2.24) is 10.2 Å². The van der Waals surface area contributed by atoms with Crippen LogP contribution in [0.1, 0.15) is 0 Å². The van der Waals surface area contributed by atoms with Crippen LogP contribution >= 0.6 is 15.9 Å². The van der Waals surface area contributed by atoms with Crippen molar-refractivity contribution in [2.75, 3.05) is 0 Å². The van der Waals surface area contributed by atoms with Gasteiger partial charge in [-0.05, 0) is 15.9 Å². The molecule has 5 nitrogen and oxygen atoms in total. The Hall–Kier alpha value is -1.56. The average molecular weight is 254 g/mol. The van der Waals surface area contributed by atoms with E-state index >= 15 is 0 Å². The molecule has 1 aromatic heterocycles. The summed E-state index contributed by atoms with van der Waals surface area (Å²) in [5.41, 5.74) is 0.0399. The van der Waals surface area contributed by atoms with E-state index in [1.165, 1.54) is 12.3 Å². The molecule has 14 heavy (non-hydrogen) atoms. The first kappa shape index (κ1) is 9.01. The third-order valence-corrected chi connectivity index (χ3v) is 2.42. The summed E-state index contributed by atoms with van der Waals surface area (Å²) in [5.74, 6) is 0. The first-order valence-electron chi connectivity index (χ1n) is 3.74. The van der Waals surface area contributed by atoms with E-state index in [2.05, 4.69) is 26.1 Å². The van der Waals surface area contributed by atoms with Crippen molar-refractivity contribution < 1.29 is 4.92 Å². The van der Waals surface area contributed by atoms with Gasteiger partial charge < -0.3 is 0 Å². The van der Waals surface area contributed by atoms with Crippen LogP contribution in [0.5, 0.6) is 0 Å². The van der Waals surface area contributed by atoms with Crippen molar-refractivity contribution in [2.45, 2.75) is 0 Å². The Labute approximate surface area is 87.0 Å². The Morgan fingerprint density at radius 3 is 2.86 bits per heavy atom. The molecule has 0 spiro atoms. The summed E-state index contributed by atoms with van der Waals surface area (Å²) < 4.78 is 0.513. The number of nitrogens with zero attached hydrogens (tertiary/aromatic N) is 3. The molecule has 70 valence electrons. The number of hydrogen-bond donors (Lipinski definition) is 0. The quantitative estimate of drug-likeness (QED) is 0.578. The minimum absolute atomic E-state index is 0.0399. The normalized spacial score (nSPS) is 10.4. The minimum Gasteiger partial charge on any atom is -0.258 e. The standard InChI is InChI=1S/C8H4BrN3O2/c9-8-5-2-1-3-7(12(13)14)6(5)4-10-11-8/h1-4H. The second kappa shape index (κ2) is 3.30. The first-order valence-corrected chi connectivity index (χ1v) is 4.54. The van der Waals surface area contributed by atoms with E-state index in [0.717, 1.165) is 0 Å². The predicted octanol–water partition coefficient (Wildman–Crippen LogP) is 2.30. The molecule has 0 atom stereocenters. The average Bonchev–Trinajstić information content (AvgIpc) is 2.17. The highest BCUT2D eigenvalue weighted by atomic mass is 79.9. The Balaban J connectivity index is 2.88. The molecule has 0 radical (unpaired) electrons. The lowest BCUT2D eigenvalue weighted by Gasteiger charge is -1.98. The molecule has 0 aliphatic heterocycles. The molecule has 0 saturated carbocycles. The summed E-state index contributed by atoms with van der Waals surface area (Å²) in [7, 11) is 0. The third kappa shape index (κ3) is 1.33. The number of rotatable bonds is 1. The monoisotopic (exact) mass is 253 g/mol. The molecule has 0 aliphatic carbocycles. The van der Waals surface area contributed by atoms with Crippen molar-refractivity contribution in [3.63, 3.8) is 0 Å². The molecule has 1 aromatic carbocycles. The van der Waals surface area contributed by atoms with Crippen LogP contribution in [0.2, 0.25) is 0 Å². The maximum atomic E-state index is 10.7. The Kier molecular flexibility index (Phi) is 2.12. The number of aromatic nitrogens is 2. The molecule has 0 amide bonds. The largest absolute Gasteiger partial charge is 0.278 e. The van der Waals surface area contributed by atoms with E-state index in [9.17, 15) is 10.1 Å². The van der Waals surface area contributed by atoms with Crippen LogP contribution in [0.4, 0.5) is 5.69 Å². The molecule has 0 fully saturated rings. The zero-order valence-corrected chi connectivity index (χ0v) is 8.43. The number of hydrogen-bond acceptors (Lipinski definition) is 4. The van der Waals surface area contributed by atoms with Gasteiger partial charge in [0.2, 0.25) is 0 Å². The predicted molar refractivity (Wildman–Crippen MR) is 53.9 cm³/mol. The molecule has 1 heterocycles. The highest BCUT2D eigenvalue weighted by molar-refractivity contribution is 9.10. The topological polar surface area (TPSA) is 68.9 Å². The summed E-state index contributed by atoms with van der Waals surface area (Å²) in [4.78, 5) is 10.2. The van der Waals surface area contributed by atoms with Crippen LogP contribution < -0.4 is 0 Å². The zero-order valence-electron chi connectivity index (χ0n) is 6.85. The second-order valence-electron chi connectivity index (χ2n) is 2.63. The van der Waals surface area contributed by atoms with Crippen LogP contribution in [0.15, 0.2) is 29.0 Å². The number of halogens is 1. The number of nitro benzene ring substituents is 1. The number of nitro groups is 1. The van der Waals surface area contributed by atoms with E-state index in [1.807, 2.05) is 0 Å². The third-order valence-electron chi connectivity index (χ3n) is 1.83. The van der Waals surface area contributed by atoms with Crippen molar-refractivity contribution in [2.24, 2.45) is 0 Å². The summed E-state index contributed by atoms with van der Waals surface area (Å²) in [6, 6.07) is 4.81. The highest BCUT2D eigenvalue weighted by Gasteiger charge is 2.12. The summed E-state index contributed by atoms with van der Waals surface area (Å²) in [5, 5.41) is 19.2. The lowest BCUT2D eigenvalue weighted by Crippen LogP contribution is -1.91. The summed E-state index contributed by atoms with van der Waals surface area (Å²) in [6.45, 7) is 0. The van der Waals surface area contributed by atoms with Crippen molar-refractivity contribution in [1.29, 1.82) is 0 Å². The van der Waals surface area contributed by atoms with Gasteiger partial charge in [-0.3, -0.25) is 10.1 Å². The first-order chi connectivity index (χ1) is 6.70. The fraction of sp³-hybridized carbons (Fsp3) is 0. The van der Waals surface area contributed by atoms with Gasteiger partial charge in [0, 0.05) is 11.5 Å². The van der Waals surface area contributed by atoms with Crippen LogP contribution in [-0.2, 0) is 0 Å². The van der Waals surface area contributed by atoms with E-state index in [1.54, 1.807) is 12.1 Å². The van der Waals surface area contributed by atoms with Gasteiger partial charge in [-0.25, -0.2) is 0 Å². The van der Waals surface area contributed by atoms with E-state index in [0.29, 0.717) is 15.4 Å². The molecule has 0 bridgehead atoms. The minimum atomic E-state index is -0.434. The second-order valence-corrected chi connectivity index (χ2v) is 3.38. The molecule has 0 unspecified atom stereocenters. The number of fused-ring (bicyclic) bond motifs is 1. The Morgan fingerprint density at radius 1 is 1.36 bits per heavy atom. The maximum Gasteiger partial charge on any atom is 0.278 e. The van der Waals surface area contributed by atoms with E-state index < -0.39 is 4.92 Å². The molecular formula is C8H4BrN3O2. The van der Waals surface area contributed by atoms with Crippen LogP contribution in [0.25, 0.3) is 10.8 Å². The molecule has 2 rings (SSSR count). The fourth-order valence-corrected chi connectivity index (χ4v) is 1.66. The lowest BCUT2D eigenvalue weighted by atomic mass is 10.2. The zero-order chi connectivity index (χ0) is 10.1. The van der Waals surface area contributed by atoms with Crippen LogP contribution in [0.3, 0.4) is 0 Å². The molecule has 0 aliphatic rings. The number of non-ortho nitro benzene ring substituents is 1. The van der Waals surface area contributed by atoms with Gasteiger partial charge in [0.25, 0.3) is 5.69 Å². The highest BCUT2D eigenvalue weighted by Crippen LogP contribution is 2.27. The molecule has 6 heteroatoms. The smallest absolute Gasteiger partial charge is 0.258 e. The van der Waals surface area contributed by atoms with Gasteiger partial charge in [0.05, 0.1) is 16.5 Å². The van der Waals surface area contributed by atoms with Gasteiger partial charge in [-0.2, -0.15) is 5.10 Å². The molecular weight excluding hydrogens is 250 g/mol. The van der Waals surface area contributed by atoms with Gasteiger partial charge in [0.15, 0.2) is 0 Å². The molecule has 0 saturated heterocycles. The Bertz CT molecular complexity index is 515. The number of benzene rings is 1. The van der Waals surface area contributed by atoms with Gasteiger partial charge in [-0.15, -0.1) is 5.10 Å². The Morgan fingerprint density at radius 2 is 2.14 bits per heavy atom. The lowest BCUT2D eigenvalue weighted by molar-refractivity contribution is -0.383. The van der Waals surface area contributed by atoms with E-state index in [4.69, 9.17) is 0 Å². The van der Waals surface area contributed by atoms with Crippen molar-refractivity contribution >= 4 is 32.4 Å². The van der Waals surface area contributed by atoms with E-state index in [-0.39, 0.29) is 5.69 Å². The maximum absolute atomic E-state index is 10.7. The van der Waals surface area contributed by atoms with Crippen LogP contribution in [0, 0.1) is 10.1 Å². The van der Waals surface area contributed by atoms with Crippen LogP contribution in [-0.4, -0.2) is 15.1 Å². The summed E-state index contributed by atoms with van der Waals surface area (Å²) >= 11 is 3.18. The summed E-state index contributed by atoms with van der Waals surface area (Å²) in [6.07, 6.45) is 1.39. The van der Waals surface area contributed by atoms with Crippen molar-refractivity contribution in [3.8, 4) is 0 Å². The van der Waals surface area contributed by atoms with Gasteiger partial charge >= 0.3 is 0 Å². The van der Waals surface area contributed by atoms with Gasteiger partial charge in [0.1, 0.15) is 4.60 Å². The van der Waals surface area contributed by atoms with Gasteiger partial charge in [-0.1, -0.05) is 12.1 Å². The van der Waals surface area contributed by atoms with Crippen molar-refractivity contribution in [3.05, 3.63) is 39.1 Å². The fourth-order valence-electron chi connectivity index (χ4n) is 1.22. The molecule has 0 N–H and O–H groups in total. The molecule has 2 aromatic rings.